The van der Waals surface area contributed by atoms with Crippen LogP contribution in [0, 0.1) is 0 Å². The van der Waals surface area contributed by atoms with E-state index < -0.39 is 8.40 Å². The first-order valence-electron chi connectivity index (χ1n) is 4.89. The van der Waals surface area contributed by atoms with Crippen molar-refractivity contribution >= 4 is 32.3 Å². The molecule has 82 valence electrons. The van der Waals surface area contributed by atoms with Gasteiger partial charge in [0.1, 0.15) is 0 Å². The van der Waals surface area contributed by atoms with E-state index in [0.717, 1.165) is 0 Å². The summed E-state index contributed by atoms with van der Waals surface area (Å²) in [7, 11) is -1.72. The van der Waals surface area contributed by atoms with Crippen molar-refractivity contribution in [3.63, 3.8) is 0 Å². The first-order valence-corrected chi connectivity index (χ1v) is 7.79. The van der Waals surface area contributed by atoms with Gasteiger partial charge in [-0.2, -0.15) is 8.40 Å². The van der Waals surface area contributed by atoms with Crippen LogP contribution in [0.2, 0.25) is 13.1 Å². The van der Waals surface area contributed by atoms with Crippen molar-refractivity contribution in [2.75, 3.05) is 0 Å². The molecule has 0 heterocycles. The number of hydrogen-bond acceptors (Lipinski definition) is 0. The summed E-state index contributed by atoms with van der Waals surface area (Å²) in [6.45, 7) is 17.2. The van der Waals surface area contributed by atoms with Crippen LogP contribution >= 0.6 is 0 Å². The molecule has 0 rings (SSSR count). The van der Waals surface area contributed by atoms with Crippen LogP contribution < -0.4 is 0 Å². The number of hydrogen-bond donors (Lipinski definition) is 0. The predicted octanol–water partition coefficient (Wildman–Crippen LogP) is 3.65. The Balaban J connectivity index is 0. The molecule has 0 N–H and O–H groups in total. The van der Waals surface area contributed by atoms with Gasteiger partial charge in [-0.05, 0) is 0 Å². The summed E-state index contributed by atoms with van der Waals surface area (Å²) < 4.78 is 0. The van der Waals surface area contributed by atoms with Gasteiger partial charge in [0.05, 0.1) is 0 Å². The fraction of sp³-hybridized carbons (Fsp3) is 1.00. The third kappa shape index (κ3) is 11.0. The molecular weight excluding hydrogens is 295 g/mol. The fourth-order valence-corrected chi connectivity index (χ4v) is 5.00. The van der Waals surface area contributed by atoms with Crippen LogP contribution in [0.5, 0.6) is 0 Å². The Bertz CT molecular complexity index is 150. The molecule has 2 nitrogen and oxygen atoms in total. The van der Waals surface area contributed by atoms with E-state index in [0.29, 0.717) is 0 Å². The molecule has 0 aromatic heterocycles. The van der Waals surface area contributed by atoms with Crippen molar-refractivity contribution in [1.82, 2.24) is 0 Å². The van der Waals surface area contributed by atoms with Gasteiger partial charge in [-0.3, -0.25) is 0 Å². The number of rotatable bonds is 2. The van der Waals surface area contributed by atoms with Gasteiger partial charge in [0, 0.05) is 0 Å². The standard InChI is InChI=1S/C10H24N2Si.Sn/c1-9(2,3)11-13(7,8)12-10(4,5)6;/h1-8H3;/q-2;+2. The van der Waals surface area contributed by atoms with Crippen molar-refractivity contribution in [2.24, 2.45) is 0 Å². The summed E-state index contributed by atoms with van der Waals surface area (Å²) in [6.07, 6.45) is 0. The SMILES string of the molecule is CC(C)(C)[N-][Si](C)(C)[N-]C(C)(C)C.[Sn+2]. The zero-order chi connectivity index (χ0) is 10.9. The second kappa shape index (κ2) is 5.32. The quantitative estimate of drug-likeness (QED) is 0.695. The Hall–Kier alpha value is 0.936. The molecular formula is C10H24N2SiSn. The molecule has 0 bridgehead atoms. The van der Waals surface area contributed by atoms with E-state index in [2.05, 4.69) is 54.6 Å². The summed E-state index contributed by atoms with van der Waals surface area (Å²) in [5, 5.41) is 0. The molecule has 0 amide bonds. The number of nitrogens with zero attached hydrogens (tertiary/aromatic N) is 2. The van der Waals surface area contributed by atoms with Crippen LogP contribution in [-0.4, -0.2) is 43.4 Å². The Labute approximate surface area is 108 Å². The van der Waals surface area contributed by atoms with Gasteiger partial charge in [-0.25, -0.2) is 0 Å². The van der Waals surface area contributed by atoms with Crippen LogP contribution in [0.25, 0.3) is 9.96 Å². The molecule has 0 aliphatic carbocycles. The van der Waals surface area contributed by atoms with E-state index >= 15 is 0 Å². The van der Waals surface area contributed by atoms with E-state index in [1.165, 1.54) is 0 Å². The van der Waals surface area contributed by atoms with Gasteiger partial charge in [0.2, 0.25) is 0 Å². The molecule has 0 aromatic carbocycles. The Morgan fingerprint density at radius 2 is 0.929 bits per heavy atom. The molecule has 0 saturated carbocycles. The third-order valence-electron chi connectivity index (χ3n) is 1.22. The largest absolute Gasteiger partial charge is 2.00 e. The molecule has 14 heavy (non-hydrogen) atoms. The Kier molecular flexibility index (Phi) is 6.59. The minimum atomic E-state index is -1.72. The summed E-state index contributed by atoms with van der Waals surface area (Å²) in [4.78, 5) is 9.60. The maximum atomic E-state index is 4.80. The Morgan fingerprint density at radius 3 is 1.07 bits per heavy atom. The summed E-state index contributed by atoms with van der Waals surface area (Å²) in [6, 6.07) is 0. The van der Waals surface area contributed by atoms with E-state index in [4.69, 9.17) is 9.96 Å². The third-order valence-corrected chi connectivity index (χ3v) is 3.65. The summed E-state index contributed by atoms with van der Waals surface area (Å²) in [5.74, 6) is 0. The van der Waals surface area contributed by atoms with Crippen molar-refractivity contribution < 1.29 is 0 Å². The van der Waals surface area contributed by atoms with Crippen molar-refractivity contribution in [3.05, 3.63) is 9.96 Å². The zero-order valence-corrected chi connectivity index (χ0v) is 14.7. The normalized spacial score (nSPS) is 13.7. The van der Waals surface area contributed by atoms with Crippen molar-refractivity contribution in [2.45, 2.75) is 65.7 Å². The Morgan fingerprint density at radius 1 is 0.714 bits per heavy atom. The van der Waals surface area contributed by atoms with Crippen molar-refractivity contribution in [3.8, 4) is 0 Å². The molecule has 0 aliphatic rings. The molecule has 4 heteroatoms. The van der Waals surface area contributed by atoms with Crippen LogP contribution in [0.4, 0.5) is 0 Å². The molecule has 0 aromatic rings. The summed E-state index contributed by atoms with van der Waals surface area (Å²) in [5.41, 5.74) is 0.0922. The van der Waals surface area contributed by atoms with Crippen molar-refractivity contribution in [1.29, 1.82) is 0 Å². The van der Waals surface area contributed by atoms with E-state index in [1.807, 2.05) is 0 Å². The molecule has 0 saturated heterocycles. The predicted molar refractivity (Wildman–Crippen MR) is 69.5 cm³/mol. The van der Waals surface area contributed by atoms with Gasteiger partial charge in [-0.1, -0.05) is 41.5 Å². The van der Waals surface area contributed by atoms with E-state index in [1.54, 1.807) is 0 Å². The van der Waals surface area contributed by atoms with Gasteiger partial charge < -0.3 is 9.96 Å². The molecule has 0 aliphatic heterocycles. The molecule has 2 radical (unpaired) electrons. The van der Waals surface area contributed by atoms with E-state index in [-0.39, 0.29) is 35.0 Å². The fourth-order valence-electron chi connectivity index (χ4n) is 1.67. The van der Waals surface area contributed by atoms with Gasteiger partial charge in [0.15, 0.2) is 0 Å². The second-order valence-corrected chi connectivity index (χ2v) is 9.50. The molecule has 0 atom stereocenters. The molecule has 0 unspecified atom stereocenters. The maximum absolute atomic E-state index is 4.80. The minimum absolute atomic E-state index is 0. The minimum Gasteiger partial charge on any atom is -0.675 e. The van der Waals surface area contributed by atoms with Crippen LogP contribution in [0.15, 0.2) is 0 Å². The van der Waals surface area contributed by atoms with Gasteiger partial charge in [-0.15, -0.1) is 24.2 Å². The van der Waals surface area contributed by atoms with Crippen LogP contribution in [-0.2, 0) is 0 Å². The average molecular weight is 319 g/mol. The van der Waals surface area contributed by atoms with Crippen LogP contribution in [0.1, 0.15) is 41.5 Å². The zero-order valence-electron chi connectivity index (χ0n) is 10.9. The van der Waals surface area contributed by atoms with Gasteiger partial charge >= 0.3 is 23.9 Å². The van der Waals surface area contributed by atoms with Gasteiger partial charge in [0.25, 0.3) is 0 Å². The molecule has 0 fully saturated rings. The topological polar surface area (TPSA) is 28.2 Å². The maximum Gasteiger partial charge on any atom is 2.00 e. The second-order valence-electron chi connectivity index (χ2n) is 6.06. The summed E-state index contributed by atoms with van der Waals surface area (Å²) >= 11 is 0. The average Bonchev–Trinajstić information content (AvgIpc) is 1.43. The monoisotopic (exact) mass is 320 g/mol. The smallest absolute Gasteiger partial charge is 0.675 e. The van der Waals surface area contributed by atoms with E-state index in [9.17, 15) is 0 Å². The first kappa shape index (κ1) is 17.3. The van der Waals surface area contributed by atoms with Crippen LogP contribution in [0.3, 0.4) is 0 Å². The molecule has 0 spiro atoms. The first-order chi connectivity index (χ1) is 5.41.